The van der Waals surface area contributed by atoms with Crippen molar-refractivity contribution in [2.24, 2.45) is 0 Å². The van der Waals surface area contributed by atoms with Crippen molar-refractivity contribution in [2.45, 2.75) is 32.0 Å². The lowest BCUT2D eigenvalue weighted by atomic mass is 10.1. The first-order valence-electron chi connectivity index (χ1n) is 5.86. The molecule has 1 atom stereocenters. The van der Waals surface area contributed by atoms with Crippen LogP contribution < -0.4 is 5.32 Å². The van der Waals surface area contributed by atoms with E-state index in [1.54, 1.807) is 0 Å². The van der Waals surface area contributed by atoms with Gasteiger partial charge in [0.25, 0.3) is 0 Å². The van der Waals surface area contributed by atoms with Crippen LogP contribution in [0.4, 0.5) is 19.0 Å². The smallest absolute Gasteiger partial charge is 0.383 e. The number of rotatable bonds is 6. The van der Waals surface area contributed by atoms with Gasteiger partial charge in [0.2, 0.25) is 0 Å². The van der Waals surface area contributed by atoms with Crippen molar-refractivity contribution in [1.82, 2.24) is 4.98 Å². The van der Waals surface area contributed by atoms with E-state index < -0.39 is 11.7 Å². The van der Waals surface area contributed by atoms with Crippen molar-refractivity contribution in [1.29, 1.82) is 0 Å². The topological polar surface area (TPSA) is 34.1 Å². The highest BCUT2D eigenvalue weighted by Gasteiger charge is 2.35. The second kappa shape index (κ2) is 7.09. The minimum absolute atomic E-state index is 0.161. The Morgan fingerprint density at radius 2 is 2.16 bits per heavy atom. The van der Waals surface area contributed by atoms with Gasteiger partial charge in [0.1, 0.15) is 5.82 Å². The molecule has 1 N–H and O–H groups in total. The molecule has 1 aromatic heterocycles. The van der Waals surface area contributed by atoms with Crippen LogP contribution in [0.2, 0.25) is 0 Å². The number of halogens is 4. The predicted octanol–water partition coefficient (Wildman–Crippen LogP) is 4.09. The summed E-state index contributed by atoms with van der Waals surface area (Å²) in [5.74, 6) is -0.161. The maximum absolute atomic E-state index is 12.9. The van der Waals surface area contributed by atoms with Crippen LogP contribution in [0, 0.1) is 0 Å². The maximum Gasteiger partial charge on any atom is 0.419 e. The van der Waals surface area contributed by atoms with E-state index in [2.05, 4.69) is 26.2 Å². The fraction of sp³-hybridized carbons (Fsp3) is 0.583. The largest absolute Gasteiger partial charge is 0.419 e. The van der Waals surface area contributed by atoms with Gasteiger partial charge in [-0.3, -0.25) is 0 Å². The number of hydrogen-bond donors (Lipinski definition) is 1. The number of nitrogens with zero attached hydrogens (tertiary/aromatic N) is 1. The van der Waals surface area contributed by atoms with Crippen LogP contribution >= 0.6 is 15.9 Å². The van der Waals surface area contributed by atoms with Gasteiger partial charge in [0.05, 0.1) is 18.2 Å². The van der Waals surface area contributed by atoms with Gasteiger partial charge in [-0.2, -0.15) is 13.2 Å². The van der Waals surface area contributed by atoms with E-state index in [1.807, 2.05) is 6.92 Å². The van der Waals surface area contributed by atoms with Gasteiger partial charge >= 0.3 is 6.18 Å². The number of aromatic nitrogens is 1. The number of ether oxygens (including phenoxy) is 1. The molecule has 0 spiro atoms. The second-order valence-electron chi connectivity index (χ2n) is 4.13. The molecule has 1 rings (SSSR count). The summed E-state index contributed by atoms with van der Waals surface area (Å²) in [6.45, 7) is 2.30. The molecule has 3 nitrogen and oxygen atoms in total. The number of anilines is 1. The molecule has 0 aromatic carbocycles. The molecule has 0 radical (unpaired) electrons. The van der Waals surface area contributed by atoms with Crippen LogP contribution in [0.3, 0.4) is 0 Å². The molecular formula is C12H16BrF3N2O. The third kappa shape index (κ3) is 4.99. The Morgan fingerprint density at radius 3 is 2.68 bits per heavy atom. The zero-order valence-electron chi connectivity index (χ0n) is 10.7. The van der Waals surface area contributed by atoms with Crippen molar-refractivity contribution in [3.63, 3.8) is 0 Å². The van der Waals surface area contributed by atoms with Crippen molar-refractivity contribution in [2.75, 3.05) is 19.0 Å². The van der Waals surface area contributed by atoms with Gasteiger partial charge in [-0.1, -0.05) is 13.3 Å². The number of alkyl halides is 3. The van der Waals surface area contributed by atoms with E-state index in [0.29, 0.717) is 17.5 Å². The molecule has 1 aromatic rings. The highest BCUT2D eigenvalue weighted by molar-refractivity contribution is 9.10. The molecule has 0 aliphatic carbocycles. The quantitative estimate of drug-likeness (QED) is 0.846. The lowest BCUT2D eigenvalue weighted by molar-refractivity contribution is -0.137. The second-order valence-corrected chi connectivity index (χ2v) is 5.05. The van der Waals surface area contributed by atoms with Crippen LogP contribution in [0.5, 0.6) is 0 Å². The molecule has 0 bridgehead atoms. The highest BCUT2D eigenvalue weighted by Crippen LogP contribution is 2.35. The normalized spacial score (nSPS) is 13.4. The number of methoxy groups -OCH3 is 1. The zero-order chi connectivity index (χ0) is 14.5. The molecule has 7 heteroatoms. The predicted molar refractivity (Wildman–Crippen MR) is 71.1 cm³/mol. The minimum atomic E-state index is -4.44. The molecule has 108 valence electrons. The first-order valence-corrected chi connectivity index (χ1v) is 6.66. The van der Waals surface area contributed by atoms with Crippen molar-refractivity contribution in [3.8, 4) is 0 Å². The maximum atomic E-state index is 12.9. The zero-order valence-corrected chi connectivity index (χ0v) is 12.3. The van der Waals surface area contributed by atoms with Crippen LogP contribution in [0.25, 0.3) is 0 Å². The summed E-state index contributed by atoms with van der Waals surface area (Å²) in [7, 11) is 1.52. The third-order valence-corrected chi connectivity index (χ3v) is 2.94. The lowest BCUT2D eigenvalue weighted by Gasteiger charge is -2.20. The fourth-order valence-electron chi connectivity index (χ4n) is 1.71. The Morgan fingerprint density at radius 1 is 1.47 bits per heavy atom. The standard InChI is InChI=1S/C12H16BrF3N2O/c1-3-4-9(7-19-2)18-11-10(12(14,15)16)5-8(13)6-17-11/h5-6,9H,3-4,7H2,1-2H3,(H,17,18). The van der Waals surface area contributed by atoms with E-state index in [-0.39, 0.29) is 11.9 Å². The monoisotopic (exact) mass is 340 g/mol. The molecule has 0 saturated heterocycles. The Bertz CT molecular complexity index is 406. The fourth-order valence-corrected chi connectivity index (χ4v) is 2.04. The Kier molecular flexibility index (Phi) is 6.06. The first-order chi connectivity index (χ1) is 8.88. The SMILES string of the molecule is CCCC(COC)Nc1ncc(Br)cc1C(F)(F)F. The van der Waals surface area contributed by atoms with E-state index in [4.69, 9.17) is 4.74 Å². The summed E-state index contributed by atoms with van der Waals surface area (Å²) >= 11 is 3.00. The number of pyridine rings is 1. The Labute approximate surface area is 118 Å². The van der Waals surface area contributed by atoms with Gasteiger partial charge in [0, 0.05) is 17.8 Å². The van der Waals surface area contributed by atoms with E-state index in [9.17, 15) is 13.2 Å². The molecule has 0 fully saturated rings. The lowest BCUT2D eigenvalue weighted by Crippen LogP contribution is -2.27. The molecule has 0 aliphatic rings. The molecule has 0 saturated carbocycles. The molecule has 0 aliphatic heterocycles. The molecule has 1 unspecified atom stereocenters. The highest BCUT2D eigenvalue weighted by atomic mass is 79.9. The van der Waals surface area contributed by atoms with Crippen LogP contribution in [-0.4, -0.2) is 24.7 Å². The summed E-state index contributed by atoms with van der Waals surface area (Å²) in [5, 5.41) is 2.81. The third-order valence-electron chi connectivity index (χ3n) is 2.51. The number of hydrogen-bond acceptors (Lipinski definition) is 3. The van der Waals surface area contributed by atoms with Crippen LogP contribution in [-0.2, 0) is 10.9 Å². The Hall–Kier alpha value is -0.820. The summed E-state index contributed by atoms with van der Waals surface area (Å²) in [6.07, 6.45) is -1.54. The summed E-state index contributed by atoms with van der Waals surface area (Å²) in [4.78, 5) is 3.82. The van der Waals surface area contributed by atoms with E-state index in [0.717, 1.165) is 12.5 Å². The van der Waals surface area contributed by atoms with Crippen molar-refractivity contribution >= 4 is 21.7 Å². The first kappa shape index (κ1) is 16.2. The van der Waals surface area contributed by atoms with Gasteiger partial charge in [0.15, 0.2) is 0 Å². The van der Waals surface area contributed by atoms with E-state index in [1.165, 1.54) is 13.3 Å². The van der Waals surface area contributed by atoms with Gasteiger partial charge < -0.3 is 10.1 Å². The van der Waals surface area contributed by atoms with Crippen molar-refractivity contribution in [3.05, 3.63) is 22.3 Å². The average molecular weight is 341 g/mol. The van der Waals surface area contributed by atoms with Gasteiger partial charge in [-0.05, 0) is 28.4 Å². The Balaban J connectivity index is 2.98. The molecule has 19 heavy (non-hydrogen) atoms. The van der Waals surface area contributed by atoms with Crippen LogP contribution in [0.15, 0.2) is 16.7 Å². The average Bonchev–Trinajstić information content (AvgIpc) is 2.31. The van der Waals surface area contributed by atoms with E-state index >= 15 is 0 Å². The summed E-state index contributed by atoms with van der Waals surface area (Å²) in [6, 6.07) is 0.829. The number of nitrogens with one attached hydrogen (secondary N) is 1. The van der Waals surface area contributed by atoms with Crippen molar-refractivity contribution < 1.29 is 17.9 Å². The van der Waals surface area contributed by atoms with Gasteiger partial charge in [-0.15, -0.1) is 0 Å². The molecule has 1 heterocycles. The van der Waals surface area contributed by atoms with Crippen LogP contribution in [0.1, 0.15) is 25.3 Å². The molecule has 0 amide bonds. The van der Waals surface area contributed by atoms with Gasteiger partial charge in [-0.25, -0.2) is 4.98 Å². The minimum Gasteiger partial charge on any atom is -0.383 e. The summed E-state index contributed by atoms with van der Waals surface area (Å²) in [5.41, 5.74) is -0.779. The summed E-state index contributed by atoms with van der Waals surface area (Å²) < 4.78 is 44.0. The molecular weight excluding hydrogens is 325 g/mol.